The summed E-state index contributed by atoms with van der Waals surface area (Å²) >= 11 is 3.71. The van der Waals surface area contributed by atoms with Crippen LogP contribution < -0.4 is 0 Å². The lowest BCUT2D eigenvalue weighted by molar-refractivity contribution is 0.110. The normalized spacial score (nSPS) is 12.8. The molecule has 0 radical (unpaired) electrons. The van der Waals surface area contributed by atoms with Crippen LogP contribution in [0.2, 0.25) is 0 Å². The monoisotopic (exact) mass is 483 g/mol. The minimum Gasteiger partial charge on any atom is -0.387 e. The molecule has 1 N–H and O–H groups in total. The van der Waals surface area contributed by atoms with Crippen LogP contribution >= 0.6 is 15.9 Å². The van der Waals surface area contributed by atoms with Crippen molar-refractivity contribution < 1.29 is 5.11 Å². The van der Waals surface area contributed by atoms with Gasteiger partial charge in [0.25, 0.3) is 0 Å². The summed E-state index contributed by atoms with van der Waals surface area (Å²) in [5.74, 6) is 0. The molecule has 0 unspecified atom stereocenters. The van der Waals surface area contributed by atoms with Crippen molar-refractivity contribution in [3.63, 3.8) is 0 Å². The summed E-state index contributed by atoms with van der Waals surface area (Å²) in [4.78, 5) is 2.49. The van der Waals surface area contributed by atoms with E-state index in [1.807, 2.05) is 0 Å². The number of rotatable bonds is 13. The van der Waals surface area contributed by atoms with Crippen LogP contribution in [0.5, 0.6) is 0 Å². The van der Waals surface area contributed by atoms with Crippen molar-refractivity contribution in [1.82, 2.24) is 4.90 Å². The Morgan fingerprint density at radius 2 is 1.42 bits per heavy atom. The zero-order valence-electron chi connectivity index (χ0n) is 19.2. The number of hydrogen-bond acceptors (Lipinski definition) is 2. The highest BCUT2D eigenvalue weighted by Crippen LogP contribution is 2.33. The number of hydrogen-bond donors (Lipinski definition) is 1. The first-order chi connectivity index (χ1) is 15.1. The summed E-state index contributed by atoms with van der Waals surface area (Å²) < 4.78 is 1.12. The molecular weight excluding hydrogens is 446 g/mol. The molecule has 0 heterocycles. The highest BCUT2D eigenvalue weighted by Gasteiger charge is 2.15. The van der Waals surface area contributed by atoms with Gasteiger partial charge in [0.2, 0.25) is 0 Å². The van der Waals surface area contributed by atoms with Crippen molar-refractivity contribution in [2.45, 2.75) is 71.3 Å². The Morgan fingerprint density at radius 1 is 0.774 bits per heavy atom. The first-order valence-electron chi connectivity index (χ1n) is 12.1. The highest BCUT2D eigenvalue weighted by molar-refractivity contribution is 9.10. The lowest BCUT2D eigenvalue weighted by atomic mass is 9.98. The van der Waals surface area contributed by atoms with Crippen molar-refractivity contribution in [1.29, 1.82) is 0 Å². The molecular formula is C28H38BrNO. The summed E-state index contributed by atoms with van der Waals surface area (Å²) in [7, 11) is 0. The van der Waals surface area contributed by atoms with E-state index in [2.05, 4.69) is 83.2 Å². The molecule has 0 aromatic heterocycles. The third-order valence-corrected chi connectivity index (χ3v) is 6.96. The molecule has 2 nitrogen and oxygen atoms in total. The van der Waals surface area contributed by atoms with Gasteiger partial charge in [-0.2, -0.15) is 0 Å². The predicted octanol–water partition coefficient (Wildman–Crippen LogP) is 8.25. The molecule has 0 bridgehead atoms. The largest absolute Gasteiger partial charge is 0.387 e. The molecule has 0 aliphatic heterocycles. The molecule has 0 saturated heterocycles. The van der Waals surface area contributed by atoms with E-state index in [1.54, 1.807) is 0 Å². The Morgan fingerprint density at radius 3 is 2.06 bits per heavy atom. The van der Waals surface area contributed by atoms with Gasteiger partial charge in [-0.1, -0.05) is 105 Å². The number of aliphatic hydroxyl groups excluding tert-OH is 1. The summed E-state index contributed by atoms with van der Waals surface area (Å²) in [6.45, 7) is 7.42. The van der Waals surface area contributed by atoms with Gasteiger partial charge in [0.15, 0.2) is 0 Å². The molecule has 0 spiro atoms. The average Bonchev–Trinajstić information content (AvgIpc) is 2.79. The Balaban J connectivity index is 1.75. The average molecular weight is 485 g/mol. The van der Waals surface area contributed by atoms with Crippen LogP contribution in [0.3, 0.4) is 0 Å². The number of nitrogens with zero attached hydrogens (tertiary/aromatic N) is 1. The molecule has 0 fully saturated rings. The van der Waals surface area contributed by atoms with Gasteiger partial charge in [-0.3, -0.25) is 0 Å². The molecule has 31 heavy (non-hydrogen) atoms. The Bertz CT molecular complexity index is 942. The van der Waals surface area contributed by atoms with Gasteiger partial charge in [-0.15, -0.1) is 0 Å². The molecule has 0 amide bonds. The van der Waals surface area contributed by atoms with Crippen LogP contribution in [0.1, 0.15) is 76.9 Å². The van der Waals surface area contributed by atoms with E-state index in [9.17, 15) is 5.11 Å². The highest BCUT2D eigenvalue weighted by atomic mass is 79.9. The van der Waals surface area contributed by atoms with Crippen LogP contribution in [0.4, 0.5) is 0 Å². The van der Waals surface area contributed by atoms with E-state index in [-0.39, 0.29) is 0 Å². The molecule has 0 aliphatic rings. The van der Waals surface area contributed by atoms with Crippen molar-refractivity contribution in [3.8, 4) is 0 Å². The van der Waals surface area contributed by atoms with Crippen LogP contribution in [-0.4, -0.2) is 29.6 Å². The topological polar surface area (TPSA) is 23.5 Å². The maximum Gasteiger partial charge on any atom is 0.0917 e. The van der Waals surface area contributed by atoms with Crippen molar-refractivity contribution in [2.24, 2.45) is 0 Å². The fourth-order valence-electron chi connectivity index (χ4n) is 4.45. The molecule has 0 aliphatic carbocycles. The molecule has 3 heteroatoms. The maximum absolute atomic E-state index is 11.1. The maximum atomic E-state index is 11.1. The number of halogens is 1. The van der Waals surface area contributed by atoms with Gasteiger partial charge in [-0.25, -0.2) is 0 Å². The van der Waals surface area contributed by atoms with Crippen molar-refractivity contribution in [2.75, 3.05) is 19.6 Å². The van der Waals surface area contributed by atoms with Crippen LogP contribution in [0.25, 0.3) is 21.5 Å². The first kappa shape index (κ1) is 24.2. The summed E-state index contributed by atoms with van der Waals surface area (Å²) in [5.41, 5.74) is 1.02. The second-order valence-corrected chi connectivity index (χ2v) is 9.68. The standard InChI is InChI=1S/C28H38BrNO/c1-3-5-7-11-17-30(18-12-8-6-4-2)21-28(31)23-16-15-22-20-27(29)25-14-10-9-13-24(25)26(22)19-23/h9-10,13-16,19-20,28,31H,3-8,11-12,17-18,21H2,1-2H3/t28-/m0/s1. The van der Waals surface area contributed by atoms with E-state index in [0.717, 1.165) is 29.7 Å². The van der Waals surface area contributed by atoms with E-state index in [0.29, 0.717) is 0 Å². The van der Waals surface area contributed by atoms with Crippen molar-refractivity contribution in [3.05, 3.63) is 58.6 Å². The summed E-state index contributed by atoms with van der Waals surface area (Å²) in [6.07, 6.45) is 9.71. The van der Waals surface area contributed by atoms with Crippen molar-refractivity contribution >= 4 is 37.5 Å². The van der Waals surface area contributed by atoms with Gasteiger partial charge in [0, 0.05) is 11.0 Å². The molecule has 3 aromatic rings. The minimum absolute atomic E-state index is 0.454. The number of benzene rings is 3. The van der Waals surface area contributed by atoms with Crippen LogP contribution in [0, 0.1) is 0 Å². The molecule has 0 saturated carbocycles. The Labute approximate surface area is 196 Å². The van der Waals surface area contributed by atoms with Gasteiger partial charge in [0.1, 0.15) is 0 Å². The Kier molecular flexibility index (Phi) is 9.83. The lowest BCUT2D eigenvalue weighted by Gasteiger charge is -2.25. The lowest BCUT2D eigenvalue weighted by Crippen LogP contribution is -2.31. The summed E-state index contributed by atoms with van der Waals surface area (Å²) in [6, 6.07) is 17.1. The summed E-state index contributed by atoms with van der Waals surface area (Å²) in [5, 5.41) is 16.0. The van der Waals surface area contributed by atoms with Gasteiger partial charge >= 0.3 is 0 Å². The predicted molar refractivity (Wildman–Crippen MR) is 139 cm³/mol. The minimum atomic E-state index is -0.454. The van der Waals surface area contributed by atoms with Gasteiger partial charge in [-0.05, 0) is 65.2 Å². The molecule has 3 rings (SSSR count). The molecule has 1 atom stereocenters. The van der Waals surface area contributed by atoms with Crippen LogP contribution in [-0.2, 0) is 0 Å². The SMILES string of the molecule is CCCCCCN(CCCCCC)C[C@H](O)c1ccc2cc(Br)c3ccccc3c2c1. The fraction of sp³-hybridized carbons (Fsp3) is 0.500. The molecule has 3 aromatic carbocycles. The second-order valence-electron chi connectivity index (χ2n) is 8.82. The van der Waals surface area contributed by atoms with E-state index in [1.165, 1.54) is 72.9 Å². The Hall–Kier alpha value is -1.42. The third-order valence-electron chi connectivity index (χ3n) is 6.31. The quantitative estimate of drug-likeness (QED) is 0.195. The van der Waals surface area contributed by atoms with E-state index in [4.69, 9.17) is 0 Å². The van der Waals surface area contributed by atoms with E-state index < -0.39 is 6.10 Å². The van der Waals surface area contributed by atoms with Gasteiger partial charge < -0.3 is 10.0 Å². The zero-order valence-corrected chi connectivity index (χ0v) is 20.8. The number of fused-ring (bicyclic) bond motifs is 3. The number of aliphatic hydroxyl groups is 1. The van der Waals surface area contributed by atoms with Crippen LogP contribution in [0.15, 0.2) is 53.0 Å². The first-order valence-corrected chi connectivity index (χ1v) is 12.9. The smallest absolute Gasteiger partial charge is 0.0917 e. The molecule has 168 valence electrons. The third kappa shape index (κ3) is 6.78. The second kappa shape index (κ2) is 12.6. The number of unbranched alkanes of at least 4 members (excludes halogenated alkanes) is 6. The van der Waals surface area contributed by atoms with E-state index >= 15 is 0 Å². The fourth-order valence-corrected chi connectivity index (χ4v) is 5.04. The van der Waals surface area contributed by atoms with Gasteiger partial charge in [0.05, 0.1) is 6.10 Å². The zero-order chi connectivity index (χ0) is 22.1.